The summed E-state index contributed by atoms with van der Waals surface area (Å²) in [5, 5.41) is 9.58. The summed E-state index contributed by atoms with van der Waals surface area (Å²) in [6, 6.07) is 11.6. The normalized spacial score (nSPS) is 21.5. The van der Waals surface area contributed by atoms with E-state index >= 15 is 0 Å². The number of aliphatic carboxylic acids is 1. The quantitative estimate of drug-likeness (QED) is 0.919. The maximum absolute atomic E-state index is 11.7. The molecule has 122 valence electrons. The highest BCUT2D eigenvalue weighted by molar-refractivity contribution is 5.72. The molecule has 0 saturated carbocycles. The first-order valence-corrected chi connectivity index (χ1v) is 7.71. The number of carbonyl (C=O) groups is 1. The van der Waals surface area contributed by atoms with Crippen molar-refractivity contribution in [3.05, 3.63) is 53.5 Å². The molecule has 1 aromatic heterocycles. The Labute approximate surface area is 135 Å². The number of aryl methyl sites for hydroxylation is 1. The molecule has 3 rings (SSSR count). The zero-order valence-electron chi connectivity index (χ0n) is 13.4. The summed E-state index contributed by atoms with van der Waals surface area (Å²) < 4.78 is 10.9. The van der Waals surface area contributed by atoms with Crippen LogP contribution in [-0.4, -0.2) is 36.2 Å². The number of nitrogens with zero attached hydrogens (tertiary/aromatic N) is 1. The first kappa shape index (κ1) is 15.6. The number of carboxylic acids is 1. The zero-order chi connectivity index (χ0) is 16.4. The number of rotatable bonds is 5. The van der Waals surface area contributed by atoms with Crippen LogP contribution >= 0.6 is 0 Å². The van der Waals surface area contributed by atoms with Crippen molar-refractivity contribution >= 4 is 5.97 Å². The van der Waals surface area contributed by atoms with E-state index in [1.165, 1.54) is 0 Å². The Bertz CT molecular complexity index is 694. The molecule has 0 amide bonds. The molecule has 0 aliphatic carbocycles. The van der Waals surface area contributed by atoms with Gasteiger partial charge in [-0.2, -0.15) is 0 Å². The maximum Gasteiger partial charge on any atom is 0.308 e. The van der Waals surface area contributed by atoms with Crippen LogP contribution in [-0.2, 0) is 11.3 Å². The van der Waals surface area contributed by atoms with E-state index in [2.05, 4.69) is 4.90 Å². The van der Waals surface area contributed by atoms with Crippen molar-refractivity contribution in [3.63, 3.8) is 0 Å². The lowest BCUT2D eigenvalue weighted by Crippen LogP contribution is -2.23. The first-order chi connectivity index (χ1) is 11.1. The Morgan fingerprint density at radius 3 is 2.83 bits per heavy atom. The van der Waals surface area contributed by atoms with Gasteiger partial charge in [-0.25, -0.2) is 0 Å². The average molecular weight is 315 g/mol. The molecule has 2 aromatic rings. The Morgan fingerprint density at radius 1 is 1.35 bits per heavy atom. The van der Waals surface area contributed by atoms with Gasteiger partial charge in [-0.1, -0.05) is 12.1 Å². The average Bonchev–Trinajstić information content (AvgIpc) is 3.14. The summed E-state index contributed by atoms with van der Waals surface area (Å²) in [4.78, 5) is 13.8. The fraction of sp³-hybridized carbons (Fsp3) is 0.389. The molecular weight excluding hydrogens is 294 g/mol. The van der Waals surface area contributed by atoms with E-state index in [0.717, 1.165) is 22.8 Å². The van der Waals surface area contributed by atoms with Crippen LogP contribution in [0.4, 0.5) is 0 Å². The van der Waals surface area contributed by atoms with Gasteiger partial charge in [0.25, 0.3) is 0 Å². The van der Waals surface area contributed by atoms with Crippen molar-refractivity contribution in [2.45, 2.75) is 19.4 Å². The monoisotopic (exact) mass is 315 g/mol. The molecule has 5 heteroatoms. The second-order valence-corrected chi connectivity index (χ2v) is 6.03. The molecule has 1 aliphatic heterocycles. The molecule has 5 nitrogen and oxygen atoms in total. The molecule has 1 fully saturated rings. The van der Waals surface area contributed by atoms with Crippen molar-refractivity contribution < 1.29 is 19.1 Å². The van der Waals surface area contributed by atoms with Crippen LogP contribution in [0, 0.1) is 12.8 Å². The summed E-state index contributed by atoms with van der Waals surface area (Å²) in [5.74, 6) is 1.29. The van der Waals surface area contributed by atoms with Gasteiger partial charge in [-0.3, -0.25) is 9.69 Å². The van der Waals surface area contributed by atoms with E-state index in [0.29, 0.717) is 19.6 Å². The predicted octanol–water partition coefficient (Wildman–Crippen LogP) is 2.90. The Kier molecular flexibility index (Phi) is 4.39. The van der Waals surface area contributed by atoms with Gasteiger partial charge in [0.15, 0.2) is 0 Å². The van der Waals surface area contributed by atoms with Crippen LogP contribution in [0.5, 0.6) is 5.75 Å². The predicted molar refractivity (Wildman–Crippen MR) is 85.6 cm³/mol. The van der Waals surface area contributed by atoms with Gasteiger partial charge in [0.2, 0.25) is 0 Å². The third kappa shape index (κ3) is 3.40. The number of ether oxygens (including phenoxy) is 1. The maximum atomic E-state index is 11.7. The highest BCUT2D eigenvalue weighted by atomic mass is 16.5. The molecule has 1 aromatic carbocycles. The van der Waals surface area contributed by atoms with E-state index in [4.69, 9.17) is 9.15 Å². The summed E-state index contributed by atoms with van der Waals surface area (Å²) in [7, 11) is 1.62. The van der Waals surface area contributed by atoms with Gasteiger partial charge in [0.05, 0.1) is 19.6 Å². The minimum Gasteiger partial charge on any atom is -0.497 e. The summed E-state index contributed by atoms with van der Waals surface area (Å²) in [5.41, 5.74) is 1.01. The van der Waals surface area contributed by atoms with Crippen LogP contribution in [0.3, 0.4) is 0 Å². The molecule has 1 saturated heterocycles. The van der Waals surface area contributed by atoms with Gasteiger partial charge in [0, 0.05) is 19.0 Å². The lowest BCUT2D eigenvalue weighted by molar-refractivity contribution is -0.141. The van der Waals surface area contributed by atoms with Crippen molar-refractivity contribution in [2.24, 2.45) is 5.92 Å². The van der Waals surface area contributed by atoms with E-state index < -0.39 is 11.9 Å². The lowest BCUT2D eigenvalue weighted by Gasteiger charge is -2.16. The Balaban J connectivity index is 1.79. The lowest BCUT2D eigenvalue weighted by atomic mass is 9.89. The van der Waals surface area contributed by atoms with Crippen LogP contribution < -0.4 is 4.74 Å². The second-order valence-electron chi connectivity index (χ2n) is 6.03. The molecule has 2 heterocycles. The zero-order valence-corrected chi connectivity index (χ0v) is 13.4. The fourth-order valence-electron chi connectivity index (χ4n) is 3.27. The number of carboxylic acid groups (broad SMARTS) is 1. The summed E-state index contributed by atoms with van der Waals surface area (Å²) >= 11 is 0. The topological polar surface area (TPSA) is 62.9 Å². The Morgan fingerprint density at radius 2 is 2.17 bits per heavy atom. The highest BCUT2D eigenvalue weighted by Crippen LogP contribution is 2.35. The molecule has 2 unspecified atom stereocenters. The number of methoxy groups -OCH3 is 1. The minimum absolute atomic E-state index is 0.0429. The van der Waals surface area contributed by atoms with E-state index in [9.17, 15) is 9.90 Å². The van der Waals surface area contributed by atoms with E-state index in [-0.39, 0.29) is 5.92 Å². The molecule has 0 spiro atoms. The fourth-order valence-corrected chi connectivity index (χ4v) is 3.27. The third-order valence-corrected chi connectivity index (χ3v) is 4.41. The van der Waals surface area contributed by atoms with Gasteiger partial charge < -0.3 is 14.3 Å². The number of furan rings is 1. The molecule has 0 bridgehead atoms. The van der Waals surface area contributed by atoms with Crippen LogP contribution in [0.1, 0.15) is 23.0 Å². The molecule has 23 heavy (non-hydrogen) atoms. The van der Waals surface area contributed by atoms with Gasteiger partial charge in [0.1, 0.15) is 17.3 Å². The molecule has 2 atom stereocenters. The number of hydrogen-bond acceptors (Lipinski definition) is 4. The smallest absolute Gasteiger partial charge is 0.308 e. The number of hydrogen-bond donors (Lipinski definition) is 1. The molecule has 1 N–H and O–H groups in total. The van der Waals surface area contributed by atoms with Crippen LogP contribution in [0.25, 0.3) is 0 Å². The standard InChI is InChI=1S/C18H21NO4/c1-12-6-7-15(23-12)9-19-10-16(17(11-19)18(20)21)13-4-3-5-14(8-13)22-2/h3-8,16-17H,9-11H2,1-2H3,(H,20,21). The van der Waals surface area contributed by atoms with Crippen LogP contribution in [0.2, 0.25) is 0 Å². The Hall–Kier alpha value is -2.27. The van der Waals surface area contributed by atoms with E-state index in [1.54, 1.807) is 7.11 Å². The molecule has 1 aliphatic rings. The van der Waals surface area contributed by atoms with Crippen LogP contribution in [0.15, 0.2) is 40.8 Å². The number of benzene rings is 1. The summed E-state index contributed by atoms with van der Waals surface area (Å²) in [6.45, 7) is 3.77. The molecule has 0 radical (unpaired) electrons. The van der Waals surface area contributed by atoms with Crippen molar-refractivity contribution in [2.75, 3.05) is 20.2 Å². The van der Waals surface area contributed by atoms with Gasteiger partial charge in [-0.15, -0.1) is 0 Å². The SMILES string of the molecule is COc1cccc(C2CN(Cc3ccc(C)o3)CC2C(=O)O)c1. The van der Waals surface area contributed by atoms with Crippen molar-refractivity contribution in [1.82, 2.24) is 4.90 Å². The minimum atomic E-state index is -0.754. The van der Waals surface area contributed by atoms with Crippen molar-refractivity contribution in [1.29, 1.82) is 0 Å². The highest BCUT2D eigenvalue weighted by Gasteiger charge is 2.38. The summed E-state index contributed by atoms with van der Waals surface area (Å²) in [6.07, 6.45) is 0. The number of likely N-dealkylation sites (tertiary alicyclic amines) is 1. The third-order valence-electron chi connectivity index (χ3n) is 4.41. The van der Waals surface area contributed by atoms with E-state index in [1.807, 2.05) is 43.3 Å². The van der Waals surface area contributed by atoms with Crippen molar-refractivity contribution in [3.8, 4) is 5.75 Å². The van der Waals surface area contributed by atoms with Gasteiger partial charge in [-0.05, 0) is 36.8 Å². The largest absolute Gasteiger partial charge is 0.497 e. The van der Waals surface area contributed by atoms with Gasteiger partial charge >= 0.3 is 5.97 Å². The first-order valence-electron chi connectivity index (χ1n) is 7.71. The second kappa shape index (κ2) is 6.46. The molecular formula is C18H21NO4.